The van der Waals surface area contributed by atoms with Gasteiger partial charge in [-0.2, -0.15) is 0 Å². The van der Waals surface area contributed by atoms with Crippen LogP contribution in [0.5, 0.6) is 11.5 Å². The molecule has 0 saturated heterocycles. The molecule has 2 atom stereocenters. The molecule has 1 aliphatic rings. The Bertz CT molecular complexity index is 434. The van der Waals surface area contributed by atoms with Crippen molar-refractivity contribution in [1.29, 1.82) is 0 Å². The van der Waals surface area contributed by atoms with Crippen LogP contribution in [-0.4, -0.2) is 29.9 Å². The van der Waals surface area contributed by atoms with E-state index in [1.54, 1.807) is 0 Å². The molecule has 1 aromatic carbocycles. The van der Waals surface area contributed by atoms with Crippen LogP contribution in [0.15, 0.2) is 12.1 Å². The first kappa shape index (κ1) is 14.2. The Morgan fingerprint density at radius 2 is 2.16 bits per heavy atom. The fourth-order valence-electron chi connectivity index (χ4n) is 2.68. The van der Waals surface area contributed by atoms with Gasteiger partial charge in [0.05, 0.1) is 12.2 Å². The molecule has 1 aromatic rings. The molecule has 0 aromatic heterocycles. The zero-order chi connectivity index (χ0) is 13.8. The Hall–Kier alpha value is -1.26. The summed E-state index contributed by atoms with van der Waals surface area (Å²) >= 11 is 0. The summed E-state index contributed by atoms with van der Waals surface area (Å²) < 4.78 is 6.09. The monoisotopic (exact) mass is 265 g/mol. The molecule has 0 spiro atoms. The maximum Gasteiger partial charge on any atom is 0.161 e. The fourth-order valence-corrected chi connectivity index (χ4v) is 2.68. The van der Waals surface area contributed by atoms with Crippen molar-refractivity contribution in [2.45, 2.75) is 44.8 Å². The quantitative estimate of drug-likeness (QED) is 0.716. The van der Waals surface area contributed by atoms with E-state index in [0.717, 1.165) is 30.4 Å². The number of rotatable bonds is 5. The van der Waals surface area contributed by atoms with E-state index in [1.807, 2.05) is 13.1 Å². The number of benzene rings is 1. The SMILES string of the molecule is CCCCC1Cc2c(ccc(O)c2O)C(CNC)O1. The smallest absolute Gasteiger partial charge is 0.161 e. The lowest BCUT2D eigenvalue weighted by Crippen LogP contribution is -2.31. The van der Waals surface area contributed by atoms with Crippen molar-refractivity contribution in [2.24, 2.45) is 0 Å². The maximum atomic E-state index is 10.0. The summed E-state index contributed by atoms with van der Waals surface area (Å²) in [7, 11) is 1.89. The third-order valence-corrected chi connectivity index (χ3v) is 3.70. The second-order valence-electron chi connectivity index (χ2n) is 5.15. The lowest BCUT2D eigenvalue weighted by atomic mass is 9.91. The van der Waals surface area contributed by atoms with Crippen molar-refractivity contribution >= 4 is 0 Å². The maximum absolute atomic E-state index is 10.0. The van der Waals surface area contributed by atoms with Crippen LogP contribution in [0.4, 0.5) is 0 Å². The van der Waals surface area contributed by atoms with Gasteiger partial charge in [-0.25, -0.2) is 0 Å². The van der Waals surface area contributed by atoms with Crippen molar-refractivity contribution in [1.82, 2.24) is 5.32 Å². The Morgan fingerprint density at radius 1 is 1.37 bits per heavy atom. The molecule has 1 heterocycles. The third-order valence-electron chi connectivity index (χ3n) is 3.70. The van der Waals surface area contributed by atoms with E-state index in [-0.39, 0.29) is 23.7 Å². The van der Waals surface area contributed by atoms with Gasteiger partial charge in [0, 0.05) is 18.5 Å². The minimum Gasteiger partial charge on any atom is -0.504 e. The Labute approximate surface area is 114 Å². The summed E-state index contributed by atoms with van der Waals surface area (Å²) in [6.45, 7) is 2.87. The number of nitrogens with one attached hydrogen (secondary N) is 1. The predicted octanol–water partition coefficient (Wildman–Crippen LogP) is 2.49. The first-order chi connectivity index (χ1) is 9.17. The average molecular weight is 265 g/mol. The molecule has 4 nitrogen and oxygen atoms in total. The van der Waals surface area contributed by atoms with Gasteiger partial charge in [-0.05, 0) is 25.1 Å². The zero-order valence-electron chi connectivity index (χ0n) is 11.6. The fraction of sp³-hybridized carbons (Fsp3) is 0.600. The van der Waals surface area contributed by atoms with Gasteiger partial charge in [0.1, 0.15) is 0 Å². The van der Waals surface area contributed by atoms with Crippen LogP contribution in [0, 0.1) is 0 Å². The van der Waals surface area contributed by atoms with Crippen molar-refractivity contribution in [3.8, 4) is 11.5 Å². The standard InChI is InChI=1S/C15H23NO3/c1-3-4-5-10-8-12-11(14(19-10)9-16-2)6-7-13(17)15(12)18/h6-7,10,14,16-18H,3-5,8-9H2,1-2H3. The highest BCUT2D eigenvalue weighted by atomic mass is 16.5. The van der Waals surface area contributed by atoms with Gasteiger partial charge in [-0.1, -0.05) is 25.8 Å². The molecule has 106 valence electrons. The van der Waals surface area contributed by atoms with Crippen molar-refractivity contribution < 1.29 is 14.9 Å². The molecule has 0 radical (unpaired) electrons. The van der Waals surface area contributed by atoms with E-state index in [2.05, 4.69) is 12.2 Å². The number of fused-ring (bicyclic) bond motifs is 1. The first-order valence-electron chi connectivity index (χ1n) is 7.01. The van der Waals surface area contributed by atoms with Gasteiger partial charge >= 0.3 is 0 Å². The molecule has 0 bridgehead atoms. The minimum atomic E-state index is -0.0536. The largest absolute Gasteiger partial charge is 0.504 e. The molecule has 0 amide bonds. The van der Waals surface area contributed by atoms with E-state index < -0.39 is 0 Å². The normalized spacial score (nSPS) is 22.2. The van der Waals surface area contributed by atoms with Crippen LogP contribution >= 0.6 is 0 Å². The molecular formula is C15H23NO3. The molecule has 0 saturated carbocycles. The number of hydrogen-bond donors (Lipinski definition) is 3. The molecule has 1 aliphatic heterocycles. The zero-order valence-corrected chi connectivity index (χ0v) is 11.6. The predicted molar refractivity (Wildman–Crippen MR) is 74.5 cm³/mol. The van der Waals surface area contributed by atoms with Gasteiger partial charge in [-0.3, -0.25) is 0 Å². The highest BCUT2D eigenvalue weighted by Gasteiger charge is 2.29. The Balaban J connectivity index is 2.27. The summed E-state index contributed by atoms with van der Waals surface area (Å²) in [5, 5.41) is 22.8. The van der Waals surface area contributed by atoms with Crippen LogP contribution in [0.3, 0.4) is 0 Å². The van der Waals surface area contributed by atoms with Crippen LogP contribution in [-0.2, 0) is 11.2 Å². The molecule has 2 unspecified atom stereocenters. The van der Waals surface area contributed by atoms with Crippen LogP contribution in [0.2, 0.25) is 0 Å². The van der Waals surface area contributed by atoms with Gasteiger partial charge in [0.25, 0.3) is 0 Å². The summed E-state index contributed by atoms with van der Waals surface area (Å²) in [5.74, 6) is -0.0264. The topological polar surface area (TPSA) is 61.7 Å². The van der Waals surface area contributed by atoms with Crippen molar-refractivity contribution in [3.05, 3.63) is 23.3 Å². The minimum absolute atomic E-state index is 0.0170. The molecule has 2 rings (SSSR count). The highest BCUT2D eigenvalue weighted by Crippen LogP contribution is 2.40. The van der Waals surface area contributed by atoms with E-state index in [0.29, 0.717) is 13.0 Å². The number of ether oxygens (including phenoxy) is 1. The van der Waals surface area contributed by atoms with Crippen LogP contribution < -0.4 is 5.32 Å². The van der Waals surface area contributed by atoms with Gasteiger partial charge in [0.2, 0.25) is 0 Å². The van der Waals surface area contributed by atoms with E-state index >= 15 is 0 Å². The summed E-state index contributed by atoms with van der Waals surface area (Å²) in [5.41, 5.74) is 1.82. The summed E-state index contributed by atoms with van der Waals surface area (Å²) in [4.78, 5) is 0. The van der Waals surface area contributed by atoms with Crippen molar-refractivity contribution in [2.75, 3.05) is 13.6 Å². The summed E-state index contributed by atoms with van der Waals surface area (Å²) in [6.07, 6.45) is 3.99. The van der Waals surface area contributed by atoms with E-state index in [4.69, 9.17) is 4.74 Å². The van der Waals surface area contributed by atoms with Gasteiger partial charge in [0.15, 0.2) is 11.5 Å². The first-order valence-corrected chi connectivity index (χ1v) is 7.01. The lowest BCUT2D eigenvalue weighted by molar-refractivity contribution is -0.0293. The highest BCUT2D eigenvalue weighted by molar-refractivity contribution is 5.50. The number of phenolic OH excluding ortho intramolecular Hbond substituents is 2. The van der Waals surface area contributed by atoms with Crippen LogP contribution in [0.1, 0.15) is 43.4 Å². The lowest BCUT2D eigenvalue weighted by Gasteiger charge is -2.33. The number of aromatic hydroxyl groups is 2. The summed E-state index contributed by atoms with van der Waals surface area (Å²) in [6, 6.07) is 3.38. The number of likely N-dealkylation sites (N-methyl/N-ethyl adjacent to an activating group) is 1. The second kappa shape index (κ2) is 6.26. The number of unbranched alkanes of at least 4 members (excludes halogenated alkanes) is 1. The van der Waals surface area contributed by atoms with E-state index in [1.165, 1.54) is 6.07 Å². The number of phenols is 2. The van der Waals surface area contributed by atoms with Crippen molar-refractivity contribution in [3.63, 3.8) is 0 Å². The van der Waals surface area contributed by atoms with E-state index in [9.17, 15) is 10.2 Å². The molecule has 3 N–H and O–H groups in total. The third kappa shape index (κ3) is 3.01. The molecular weight excluding hydrogens is 242 g/mol. The van der Waals surface area contributed by atoms with Gasteiger partial charge < -0.3 is 20.3 Å². The molecule has 4 heteroatoms. The van der Waals surface area contributed by atoms with Gasteiger partial charge in [-0.15, -0.1) is 0 Å². The Morgan fingerprint density at radius 3 is 2.84 bits per heavy atom. The average Bonchev–Trinajstić information content (AvgIpc) is 2.41. The number of hydrogen-bond acceptors (Lipinski definition) is 4. The molecule has 0 fully saturated rings. The second-order valence-corrected chi connectivity index (χ2v) is 5.15. The van der Waals surface area contributed by atoms with Crippen LogP contribution in [0.25, 0.3) is 0 Å². The Kier molecular flexibility index (Phi) is 4.66. The molecule has 0 aliphatic carbocycles. The molecule has 19 heavy (non-hydrogen) atoms.